The normalized spacial score (nSPS) is 21.4. The van der Waals surface area contributed by atoms with E-state index in [1.54, 1.807) is 0 Å². The zero-order valence-corrected chi connectivity index (χ0v) is 10.8. The van der Waals surface area contributed by atoms with Crippen LogP contribution in [0, 0.1) is 5.92 Å². The Kier molecular flexibility index (Phi) is 7.16. The third-order valence-electron chi connectivity index (χ3n) is 3.08. The molecule has 1 amide bonds. The van der Waals surface area contributed by atoms with Crippen molar-refractivity contribution in [3.8, 4) is 0 Å². The largest absolute Gasteiger partial charge is 0.380 e. The zero-order chi connectivity index (χ0) is 12.5. The molecule has 1 fully saturated rings. The highest BCUT2D eigenvalue weighted by atomic mass is 16.5. The SMILES string of the molecule is CCOCCN1CCCC(C(=O)NCCN)C1. The molecule has 1 rings (SSSR count). The number of nitrogens with zero attached hydrogens (tertiary/aromatic N) is 1. The number of carbonyl (C=O) groups excluding carboxylic acids is 1. The Labute approximate surface area is 104 Å². The van der Waals surface area contributed by atoms with E-state index in [1.165, 1.54) is 0 Å². The van der Waals surface area contributed by atoms with E-state index in [4.69, 9.17) is 10.5 Å². The number of hydrogen-bond acceptors (Lipinski definition) is 4. The Morgan fingerprint density at radius 1 is 1.59 bits per heavy atom. The van der Waals surface area contributed by atoms with E-state index in [0.29, 0.717) is 13.1 Å². The number of likely N-dealkylation sites (tertiary alicyclic amines) is 1. The predicted molar refractivity (Wildman–Crippen MR) is 67.7 cm³/mol. The number of amides is 1. The lowest BCUT2D eigenvalue weighted by molar-refractivity contribution is -0.126. The third-order valence-corrected chi connectivity index (χ3v) is 3.08. The molecule has 1 heterocycles. The average Bonchev–Trinajstić information content (AvgIpc) is 2.36. The maximum atomic E-state index is 11.8. The van der Waals surface area contributed by atoms with Crippen molar-refractivity contribution in [2.24, 2.45) is 11.7 Å². The fourth-order valence-electron chi connectivity index (χ4n) is 2.15. The molecule has 3 N–H and O–H groups in total. The van der Waals surface area contributed by atoms with E-state index in [1.807, 2.05) is 6.92 Å². The van der Waals surface area contributed by atoms with Crippen molar-refractivity contribution in [1.82, 2.24) is 10.2 Å². The molecule has 5 nitrogen and oxygen atoms in total. The molecule has 1 aliphatic heterocycles. The predicted octanol–water partition coefficient (Wildman–Crippen LogP) is -0.190. The first-order valence-corrected chi connectivity index (χ1v) is 6.55. The van der Waals surface area contributed by atoms with Gasteiger partial charge in [0.25, 0.3) is 0 Å². The molecule has 5 heteroatoms. The summed E-state index contributed by atoms with van der Waals surface area (Å²) in [6.45, 7) is 7.45. The summed E-state index contributed by atoms with van der Waals surface area (Å²) < 4.78 is 5.34. The van der Waals surface area contributed by atoms with Crippen molar-refractivity contribution in [1.29, 1.82) is 0 Å². The van der Waals surface area contributed by atoms with E-state index in [-0.39, 0.29) is 11.8 Å². The molecule has 0 saturated carbocycles. The van der Waals surface area contributed by atoms with Crippen molar-refractivity contribution >= 4 is 5.91 Å². The molecule has 0 bridgehead atoms. The topological polar surface area (TPSA) is 67.6 Å². The van der Waals surface area contributed by atoms with Crippen LogP contribution in [0.15, 0.2) is 0 Å². The second-order valence-electron chi connectivity index (χ2n) is 4.42. The van der Waals surface area contributed by atoms with Crippen LogP contribution in [-0.2, 0) is 9.53 Å². The molecule has 100 valence electrons. The van der Waals surface area contributed by atoms with Gasteiger partial charge < -0.3 is 20.7 Å². The summed E-state index contributed by atoms with van der Waals surface area (Å²) in [6.07, 6.45) is 2.08. The molecule has 0 aromatic heterocycles. The molecule has 1 atom stereocenters. The van der Waals surface area contributed by atoms with Gasteiger partial charge in [-0.2, -0.15) is 0 Å². The van der Waals surface area contributed by atoms with Gasteiger partial charge in [-0.15, -0.1) is 0 Å². The summed E-state index contributed by atoms with van der Waals surface area (Å²) in [7, 11) is 0. The molecule has 0 aromatic rings. The van der Waals surface area contributed by atoms with Gasteiger partial charge in [-0.3, -0.25) is 4.79 Å². The van der Waals surface area contributed by atoms with Crippen LogP contribution in [0.2, 0.25) is 0 Å². The van der Waals surface area contributed by atoms with Crippen molar-refractivity contribution in [2.75, 3.05) is 45.9 Å². The number of rotatable bonds is 7. The van der Waals surface area contributed by atoms with Crippen molar-refractivity contribution in [3.63, 3.8) is 0 Å². The van der Waals surface area contributed by atoms with Gasteiger partial charge in [0.1, 0.15) is 0 Å². The minimum Gasteiger partial charge on any atom is -0.380 e. The minimum absolute atomic E-state index is 0.122. The summed E-state index contributed by atoms with van der Waals surface area (Å²) in [4.78, 5) is 14.1. The molecular weight excluding hydrogens is 218 g/mol. The lowest BCUT2D eigenvalue weighted by Gasteiger charge is -2.31. The van der Waals surface area contributed by atoms with Crippen LogP contribution in [-0.4, -0.2) is 56.7 Å². The standard InChI is InChI=1S/C12H25N3O2/c1-2-17-9-8-15-7-3-4-11(10-15)12(16)14-6-5-13/h11H,2-10,13H2,1H3,(H,14,16). The van der Waals surface area contributed by atoms with Gasteiger partial charge in [0.05, 0.1) is 12.5 Å². The molecule has 1 unspecified atom stereocenters. The highest BCUT2D eigenvalue weighted by Crippen LogP contribution is 2.16. The molecule has 17 heavy (non-hydrogen) atoms. The Morgan fingerprint density at radius 2 is 2.41 bits per heavy atom. The second-order valence-corrected chi connectivity index (χ2v) is 4.42. The highest BCUT2D eigenvalue weighted by Gasteiger charge is 2.24. The summed E-state index contributed by atoms with van der Waals surface area (Å²) in [5.41, 5.74) is 5.37. The van der Waals surface area contributed by atoms with Gasteiger partial charge in [-0.25, -0.2) is 0 Å². The lowest BCUT2D eigenvalue weighted by Crippen LogP contribution is -2.44. The maximum absolute atomic E-state index is 11.8. The Balaban J connectivity index is 2.25. The third kappa shape index (κ3) is 5.48. The van der Waals surface area contributed by atoms with Crippen LogP contribution >= 0.6 is 0 Å². The van der Waals surface area contributed by atoms with Crippen LogP contribution in [0.1, 0.15) is 19.8 Å². The van der Waals surface area contributed by atoms with Crippen LogP contribution in [0.4, 0.5) is 0 Å². The number of nitrogens with two attached hydrogens (primary N) is 1. The molecule has 1 aliphatic rings. The molecule has 0 radical (unpaired) electrons. The highest BCUT2D eigenvalue weighted by molar-refractivity contribution is 5.78. The molecule has 1 saturated heterocycles. The lowest BCUT2D eigenvalue weighted by atomic mass is 9.97. The smallest absolute Gasteiger partial charge is 0.224 e. The number of nitrogens with one attached hydrogen (secondary N) is 1. The van der Waals surface area contributed by atoms with Gasteiger partial charge >= 0.3 is 0 Å². The van der Waals surface area contributed by atoms with E-state index in [2.05, 4.69) is 10.2 Å². The quantitative estimate of drug-likeness (QED) is 0.608. The van der Waals surface area contributed by atoms with E-state index >= 15 is 0 Å². The average molecular weight is 243 g/mol. The van der Waals surface area contributed by atoms with Gasteiger partial charge in [0.15, 0.2) is 0 Å². The molecular formula is C12H25N3O2. The van der Waals surface area contributed by atoms with Crippen molar-refractivity contribution in [3.05, 3.63) is 0 Å². The van der Waals surface area contributed by atoms with Gasteiger partial charge in [0, 0.05) is 32.8 Å². The van der Waals surface area contributed by atoms with Crippen molar-refractivity contribution in [2.45, 2.75) is 19.8 Å². The summed E-state index contributed by atoms with van der Waals surface area (Å²) in [5.74, 6) is 0.272. The first-order chi connectivity index (χ1) is 8.27. The van der Waals surface area contributed by atoms with Crippen LogP contribution in [0.5, 0.6) is 0 Å². The second kappa shape index (κ2) is 8.44. The van der Waals surface area contributed by atoms with Crippen LogP contribution in [0.25, 0.3) is 0 Å². The Hall–Kier alpha value is -0.650. The number of hydrogen-bond donors (Lipinski definition) is 2. The fraction of sp³-hybridized carbons (Fsp3) is 0.917. The van der Waals surface area contributed by atoms with Crippen LogP contribution < -0.4 is 11.1 Å². The summed E-state index contributed by atoms with van der Waals surface area (Å²) >= 11 is 0. The number of piperidine rings is 1. The summed E-state index contributed by atoms with van der Waals surface area (Å²) in [6, 6.07) is 0. The molecule has 0 spiro atoms. The first-order valence-electron chi connectivity index (χ1n) is 6.55. The molecule has 0 aromatic carbocycles. The molecule has 0 aliphatic carbocycles. The fourth-order valence-corrected chi connectivity index (χ4v) is 2.15. The van der Waals surface area contributed by atoms with E-state index < -0.39 is 0 Å². The summed E-state index contributed by atoms with van der Waals surface area (Å²) in [5, 5.41) is 2.87. The number of carbonyl (C=O) groups is 1. The minimum atomic E-state index is 0.122. The van der Waals surface area contributed by atoms with Gasteiger partial charge in [-0.05, 0) is 26.3 Å². The van der Waals surface area contributed by atoms with Crippen LogP contribution in [0.3, 0.4) is 0 Å². The van der Waals surface area contributed by atoms with E-state index in [9.17, 15) is 4.79 Å². The Bertz CT molecular complexity index is 224. The van der Waals surface area contributed by atoms with Crippen molar-refractivity contribution < 1.29 is 9.53 Å². The van der Waals surface area contributed by atoms with E-state index in [0.717, 1.165) is 45.7 Å². The maximum Gasteiger partial charge on any atom is 0.224 e. The zero-order valence-electron chi connectivity index (χ0n) is 10.8. The van der Waals surface area contributed by atoms with Gasteiger partial charge in [-0.1, -0.05) is 0 Å². The monoisotopic (exact) mass is 243 g/mol. The Morgan fingerprint density at radius 3 is 3.12 bits per heavy atom. The first kappa shape index (κ1) is 14.4. The van der Waals surface area contributed by atoms with Gasteiger partial charge in [0.2, 0.25) is 5.91 Å². The number of ether oxygens (including phenoxy) is 1.